The molecule has 0 spiro atoms. The van der Waals surface area contributed by atoms with Gasteiger partial charge in [0, 0.05) is 11.7 Å². The van der Waals surface area contributed by atoms with Crippen molar-refractivity contribution in [3.05, 3.63) is 18.2 Å². The lowest BCUT2D eigenvalue weighted by Crippen LogP contribution is -2.41. The van der Waals surface area contributed by atoms with Crippen molar-refractivity contribution in [3.8, 4) is 5.75 Å². The standard InChI is InChI=1S/C12H17BFNO3/c1-11(2)12(3,4)18-13(17-11)8-6-9(16-5)10(14)15-7-8/h6-7H,1-5H3/i5D3. The monoisotopic (exact) mass is 256 g/mol. The third kappa shape index (κ3) is 2.10. The summed E-state index contributed by atoms with van der Waals surface area (Å²) in [5.74, 6) is -1.45. The summed E-state index contributed by atoms with van der Waals surface area (Å²) in [6, 6.07) is 1.23. The average Bonchev–Trinajstić information content (AvgIpc) is 2.49. The van der Waals surface area contributed by atoms with Gasteiger partial charge >= 0.3 is 7.12 Å². The fraction of sp³-hybridized carbons (Fsp3) is 0.583. The van der Waals surface area contributed by atoms with Gasteiger partial charge in [-0.15, -0.1) is 0 Å². The normalized spacial score (nSPS) is 24.3. The Morgan fingerprint density at radius 1 is 1.33 bits per heavy atom. The van der Waals surface area contributed by atoms with Crippen molar-refractivity contribution < 1.29 is 22.5 Å². The maximum Gasteiger partial charge on any atom is 0.496 e. The SMILES string of the molecule is [2H]C([2H])([2H])Oc1cc(B2OC(C)(C)C(C)(C)O2)cnc1F. The van der Waals surface area contributed by atoms with Gasteiger partial charge in [0.05, 0.1) is 22.4 Å². The van der Waals surface area contributed by atoms with Gasteiger partial charge in [0.25, 0.3) is 5.95 Å². The van der Waals surface area contributed by atoms with Crippen LogP contribution in [0, 0.1) is 5.95 Å². The summed E-state index contributed by atoms with van der Waals surface area (Å²) in [7, 11) is -3.51. The highest BCUT2D eigenvalue weighted by Crippen LogP contribution is 2.36. The number of halogens is 1. The van der Waals surface area contributed by atoms with E-state index in [1.807, 2.05) is 27.7 Å². The Morgan fingerprint density at radius 2 is 1.94 bits per heavy atom. The number of ether oxygens (including phenoxy) is 1. The van der Waals surface area contributed by atoms with Gasteiger partial charge in [-0.2, -0.15) is 4.39 Å². The van der Waals surface area contributed by atoms with E-state index < -0.39 is 37.1 Å². The summed E-state index contributed by atoms with van der Waals surface area (Å²) in [5, 5.41) is 0. The topological polar surface area (TPSA) is 40.6 Å². The summed E-state index contributed by atoms with van der Waals surface area (Å²) in [4.78, 5) is 3.50. The molecule has 1 aromatic rings. The largest absolute Gasteiger partial charge is 0.496 e. The highest BCUT2D eigenvalue weighted by atomic mass is 19.1. The number of nitrogens with zero attached hydrogens (tertiary/aromatic N) is 1. The Labute approximate surface area is 111 Å². The Morgan fingerprint density at radius 3 is 2.50 bits per heavy atom. The van der Waals surface area contributed by atoms with Crippen molar-refractivity contribution in [1.29, 1.82) is 0 Å². The number of rotatable bonds is 2. The second-order valence-corrected chi connectivity index (χ2v) is 5.25. The molecule has 6 heteroatoms. The predicted molar refractivity (Wildman–Crippen MR) is 66.5 cm³/mol. The third-order valence-corrected chi connectivity index (χ3v) is 3.46. The molecule has 0 atom stereocenters. The molecule has 0 unspecified atom stereocenters. The molecule has 0 amide bonds. The summed E-state index contributed by atoms with van der Waals surface area (Å²) >= 11 is 0. The van der Waals surface area contributed by atoms with Crippen LogP contribution in [0.1, 0.15) is 31.8 Å². The molecule has 0 radical (unpaired) electrons. The zero-order valence-electron chi connectivity index (χ0n) is 13.8. The molecule has 2 heterocycles. The van der Waals surface area contributed by atoms with Crippen LogP contribution < -0.4 is 10.2 Å². The molecule has 1 fully saturated rings. The lowest BCUT2D eigenvalue weighted by Gasteiger charge is -2.32. The maximum absolute atomic E-state index is 13.5. The van der Waals surface area contributed by atoms with Crippen LogP contribution in [0.3, 0.4) is 0 Å². The van der Waals surface area contributed by atoms with Crippen LogP contribution >= 0.6 is 0 Å². The minimum absolute atomic E-state index is 0.398. The quantitative estimate of drug-likeness (QED) is 0.594. The Kier molecular flexibility index (Phi) is 2.28. The number of pyridine rings is 1. The summed E-state index contributed by atoms with van der Waals surface area (Å²) in [5.41, 5.74) is -0.719. The fourth-order valence-corrected chi connectivity index (χ4v) is 1.62. The lowest BCUT2D eigenvalue weighted by atomic mass is 9.80. The molecule has 0 bridgehead atoms. The highest BCUT2D eigenvalue weighted by Gasteiger charge is 2.51. The average molecular weight is 256 g/mol. The minimum Gasteiger partial charge on any atom is -0.492 e. The van der Waals surface area contributed by atoms with E-state index in [-0.39, 0.29) is 0 Å². The first-order valence-corrected chi connectivity index (χ1v) is 5.61. The lowest BCUT2D eigenvalue weighted by molar-refractivity contribution is 0.00578. The Hall–Kier alpha value is -1.14. The molecule has 1 aliphatic rings. The number of hydrogen-bond acceptors (Lipinski definition) is 4. The molecule has 0 aliphatic carbocycles. The molecule has 2 rings (SSSR count). The van der Waals surface area contributed by atoms with Crippen molar-refractivity contribution in [2.24, 2.45) is 0 Å². The summed E-state index contributed by atoms with van der Waals surface area (Å²) in [6.45, 7) is 7.52. The number of hydrogen-bond donors (Lipinski definition) is 0. The van der Waals surface area contributed by atoms with E-state index in [1.54, 1.807) is 0 Å². The van der Waals surface area contributed by atoms with E-state index in [0.29, 0.717) is 5.46 Å². The smallest absolute Gasteiger partial charge is 0.492 e. The van der Waals surface area contributed by atoms with Gasteiger partial charge in [0.1, 0.15) is 0 Å². The summed E-state index contributed by atoms with van der Waals surface area (Å²) < 4.78 is 50.8. The van der Waals surface area contributed by atoms with E-state index in [0.717, 1.165) is 0 Å². The minimum atomic E-state index is -2.75. The molecule has 1 saturated heterocycles. The molecular formula is C12H17BFNO3. The number of aromatic nitrogens is 1. The van der Waals surface area contributed by atoms with Crippen LogP contribution in [0.4, 0.5) is 4.39 Å². The third-order valence-electron chi connectivity index (χ3n) is 3.46. The van der Waals surface area contributed by atoms with Crippen LogP contribution in [0.5, 0.6) is 5.75 Å². The van der Waals surface area contributed by atoms with Crippen LogP contribution in [-0.2, 0) is 9.31 Å². The van der Waals surface area contributed by atoms with Gasteiger partial charge in [-0.3, -0.25) is 0 Å². The molecule has 4 nitrogen and oxygen atoms in total. The highest BCUT2D eigenvalue weighted by molar-refractivity contribution is 6.62. The Bertz CT molecular complexity index is 535. The van der Waals surface area contributed by atoms with Crippen LogP contribution in [0.15, 0.2) is 12.3 Å². The van der Waals surface area contributed by atoms with Gasteiger partial charge in [-0.05, 0) is 33.8 Å². The van der Waals surface area contributed by atoms with E-state index in [9.17, 15) is 4.39 Å². The molecule has 0 saturated carbocycles. The van der Waals surface area contributed by atoms with Crippen LogP contribution in [0.25, 0.3) is 0 Å². The van der Waals surface area contributed by atoms with Gasteiger partial charge in [0.15, 0.2) is 5.75 Å². The molecule has 0 aromatic carbocycles. The first-order valence-electron chi connectivity index (χ1n) is 7.11. The first kappa shape index (κ1) is 9.75. The molecule has 18 heavy (non-hydrogen) atoms. The maximum atomic E-state index is 13.5. The van der Waals surface area contributed by atoms with Crippen molar-refractivity contribution in [2.45, 2.75) is 38.9 Å². The van der Waals surface area contributed by atoms with E-state index in [4.69, 9.17) is 13.4 Å². The molecule has 1 aromatic heterocycles. The molecular weight excluding hydrogens is 236 g/mol. The van der Waals surface area contributed by atoms with E-state index >= 15 is 0 Å². The van der Waals surface area contributed by atoms with Gasteiger partial charge in [-0.1, -0.05) is 0 Å². The molecule has 0 N–H and O–H groups in total. The van der Waals surface area contributed by atoms with Crippen molar-refractivity contribution in [1.82, 2.24) is 4.98 Å². The van der Waals surface area contributed by atoms with Crippen molar-refractivity contribution in [3.63, 3.8) is 0 Å². The van der Waals surface area contributed by atoms with E-state index in [1.165, 1.54) is 12.3 Å². The van der Waals surface area contributed by atoms with Crippen molar-refractivity contribution in [2.75, 3.05) is 7.04 Å². The second kappa shape index (κ2) is 4.21. The second-order valence-electron chi connectivity index (χ2n) is 5.25. The van der Waals surface area contributed by atoms with Gasteiger partial charge < -0.3 is 14.0 Å². The predicted octanol–water partition coefficient (Wildman–Crippen LogP) is 1.53. The van der Waals surface area contributed by atoms with Gasteiger partial charge in [-0.25, -0.2) is 4.98 Å². The zero-order chi connectivity index (χ0) is 16.1. The number of methoxy groups -OCH3 is 1. The van der Waals surface area contributed by atoms with Crippen molar-refractivity contribution >= 4 is 12.6 Å². The zero-order valence-corrected chi connectivity index (χ0v) is 10.8. The first-order chi connectivity index (χ1) is 9.41. The molecule has 98 valence electrons. The van der Waals surface area contributed by atoms with Gasteiger partial charge in [0.2, 0.25) is 0 Å². The van der Waals surface area contributed by atoms with Crippen LogP contribution in [-0.4, -0.2) is 30.3 Å². The Balaban J connectivity index is 2.29. The van der Waals surface area contributed by atoms with Crippen LogP contribution in [0.2, 0.25) is 0 Å². The molecule has 1 aliphatic heterocycles. The summed E-state index contributed by atoms with van der Waals surface area (Å²) in [6.07, 6.45) is 1.24. The fourth-order valence-electron chi connectivity index (χ4n) is 1.62. The van der Waals surface area contributed by atoms with E-state index in [2.05, 4.69) is 9.72 Å².